The van der Waals surface area contributed by atoms with Crippen LogP contribution in [0.2, 0.25) is 0 Å². The Morgan fingerprint density at radius 3 is 2.88 bits per heavy atom. The number of aromatic nitrogens is 1. The summed E-state index contributed by atoms with van der Waals surface area (Å²) >= 11 is 0. The molecule has 8 heteroatoms. The number of morpholine rings is 1. The van der Waals surface area contributed by atoms with Crippen molar-refractivity contribution in [3.05, 3.63) is 52.1 Å². The zero-order valence-electron chi connectivity index (χ0n) is 18.1. The summed E-state index contributed by atoms with van der Waals surface area (Å²) in [4.78, 5) is 31.5. The lowest BCUT2D eigenvalue weighted by atomic mass is 9.86. The predicted molar refractivity (Wildman–Crippen MR) is 120 cm³/mol. The van der Waals surface area contributed by atoms with Crippen LogP contribution < -0.4 is 10.6 Å². The molecule has 3 aliphatic rings. The fraction of sp³-hybridized carbons (Fsp3) is 0.417. The molecule has 0 radical (unpaired) electrons. The van der Waals surface area contributed by atoms with Crippen molar-refractivity contribution in [2.75, 3.05) is 44.7 Å². The molecule has 32 heavy (non-hydrogen) atoms. The first-order valence-corrected chi connectivity index (χ1v) is 11.2. The van der Waals surface area contributed by atoms with Gasteiger partial charge in [-0.05, 0) is 43.4 Å². The second-order valence-corrected chi connectivity index (χ2v) is 8.51. The van der Waals surface area contributed by atoms with Crippen LogP contribution in [0.3, 0.4) is 0 Å². The number of nitrogens with zero attached hydrogens (tertiary/aromatic N) is 1. The van der Waals surface area contributed by atoms with E-state index in [1.807, 2.05) is 6.92 Å². The lowest BCUT2D eigenvalue weighted by Crippen LogP contribution is -2.41. The van der Waals surface area contributed by atoms with Gasteiger partial charge in [0.25, 0.3) is 11.8 Å². The number of amides is 2. The van der Waals surface area contributed by atoms with Gasteiger partial charge in [-0.15, -0.1) is 0 Å². The predicted octanol–water partition coefficient (Wildman–Crippen LogP) is 2.72. The van der Waals surface area contributed by atoms with Gasteiger partial charge < -0.3 is 20.4 Å². The molecular weight excluding hydrogens is 411 g/mol. The average Bonchev–Trinajstić information content (AvgIpc) is 3.31. The second-order valence-electron chi connectivity index (χ2n) is 8.51. The van der Waals surface area contributed by atoms with Crippen LogP contribution in [0, 0.1) is 12.7 Å². The zero-order valence-corrected chi connectivity index (χ0v) is 18.1. The SMILES string of the molecule is Cc1[nH]c2c(c1C(=O)NCCN1CCOCC1)CCCC2=C1C(=O)Nc2c(F)cccc21. The van der Waals surface area contributed by atoms with Gasteiger partial charge in [0.1, 0.15) is 5.82 Å². The average molecular weight is 439 g/mol. The van der Waals surface area contributed by atoms with Gasteiger partial charge in [0, 0.05) is 43.1 Å². The lowest BCUT2D eigenvalue weighted by Gasteiger charge is -2.26. The molecule has 0 saturated carbocycles. The third kappa shape index (κ3) is 3.63. The molecule has 7 nitrogen and oxygen atoms in total. The van der Waals surface area contributed by atoms with Crippen LogP contribution in [0.5, 0.6) is 0 Å². The monoisotopic (exact) mass is 438 g/mol. The molecule has 1 aliphatic carbocycles. The highest BCUT2D eigenvalue weighted by Crippen LogP contribution is 2.43. The maximum absolute atomic E-state index is 14.2. The fourth-order valence-corrected chi connectivity index (χ4v) is 5.01. The van der Waals surface area contributed by atoms with E-state index in [1.165, 1.54) is 6.07 Å². The van der Waals surface area contributed by atoms with Crippen molar-refractivity contribution in [2.45, 2.75) is 26.2 Å². The lowest BCUT2D eigenvalue weighted by molar-refractivity contribution is -0.110. The van der Waals surface area contributed by atoms with Gasteiger partial charge in [-0.2, -0.15) is 0 Å². The summed E-state index contributed by atoms with van der Waals surface area (Å²) in [5.74, 6) is -0.830. The number of carbonyl (C=O) groups excluding carboxylic acids is 2. The third-order valence-corrected chi connectivity index (χ3v) is 6.54. The van der Waals surface area contributed by atoms with E-state index in [-0.39, 0.29) is 17.5 Å². The number of nitrogens with one attached hydrogen (secondary N) is 3. The molecule has 3 N–H and O–H groups in total. The molecule has 168 valence electrons. The Bertz CT molecular complexity index is 1110. The number of H-pyrrole nitrogens is 1. The van der Waals surface area contributed by atoms with E-state index in [0.29, 0.717) is 29.7 Å². The Hall–Kier alpha value is -2.97. The summed E-state index contributed by atoms with van der Waals surface area (Å²) < 4.78 is 19.6. The number of benzene rings is 1. The van der Waals surface area contributed by atoms with Crippen LogP contribution >= 0.6 is 0 Å². The van der Waals surface area contributed by atoms with E-state index in [2.05, 4.69) is 20.5 Å². The molecule has 1 aromatic heterocycles. The van der Waals surface area contributed by atoms with Gasteiger partial charge in [-0.1, -0.05) is 12.1 Å². The first kappa shape index (κ1) is 20.9. The van der Waals surface area contributed by atoms with E-state index >= 15 is 0 Å². The van der Waals surface area contributed by atoms with Crippen LogP contribution in [0.25, 0.3) is 11.1 Å². The molecule has 2 aromatic rings. The number of rotatable bonds is 4. The van der Waals surface area contributed by atoms with Crippen LogP contribution in [-0.4, -0.2) is 61.1 Å². The summed E-state index contributed by atoms with van der Waals surface area (Å²) in [7, 11) is 0. The number of halogens is 1. The Labute approximate surface area is 186 Å². The van der Waals surface area contributed by atoms with Crippen molar-refractivity contribution >= 4 is 28.6 Å². The molecular formula is C24H27FN4O3. The summed E-state index contributed by atoms with van der Waals surface area (Å²) in [6.45, 7) is 6.48. The number of carbonyl (C=O) groups is 2. The van der Waals surface area contributed by atoms with E-state index < -0.39 is 5.82 Å². The van der Waals surface area contributed by atoms with Crippen molar-refractivity contribution in [3.8, 4) is 0 Å². The molecule has 3 heterocycles. The molecule has 2 aliphatic heterocycles. The highest BCUT2D eigenvalue weighted by molar-refractivity contribution is 6.37. The number of hydrogen-bond donors (Lipinski definition) is 3. The minimum absolute atomic E-state index is 0.0955. The maximum Gasteiger partial charge on any atom is 0.256 e. The molecule has 2 amide bonds. The first-order valence-electron chi connectivity index (χ1n) is 11.2. The Morgan fingerprint density at radius 1 is 1.25 bits per heavy atom. The highest BCUT2D eigenvalue weighted by atomic mass is 19.1. The summed E-state index contributed by atoms with van der Waals surface area (Å²) in [5.41, 5.74) is 5.39. The van der Waals surface area contributed by atoms with E-state index in [0.717, 1.165) is 68.2 Å². The third-order valence-electron chi connectivity index (χ3n) is 6.54. The smallest absolute Gasteiger partial charge is 0.256 e. The van der Waals surface area contributed by atoms with Gasteiger partial charge in [-0.3, -0.25) is 14.5 Å². The number of anilines is 1. The van der Waals surface area contributed by atoms with Gasteiger partial charge in [-0.25, -0.2) is 4.39 Å². The number of aromatic amines is 1. The summed E-state index contributed by atoms with van der Waals surface area (Å²) in [5, 5.41) is 5.72. The van der Waals surface area contributed by atoms with Crippen LogP contribution in [0.15, 0.2) is 18.2 Å². The molecule has 5 rings (SSSR count). The second kappa shape index (κ2) is 8.52. The van der Waals surface area contributed by atoms with Gasteiger partial charge in [0.2, 0.25) is 0 Å². The Morgan fingerprint density at radius 2 is 2.06 bits per heavy atom. The van der Waals surface area contributed by atoms with Crippen molar-refractivity contribution in [1.29, 1.82) is 0 Å². The van der Waals surface area contributed by atoms with E-state index in [9.17, 15) is 14.0 Å². The Kier molecular flexibility index (Phi) is 5.57. The van der Waals surface area contributed by atoms with Crippen LogP contribution in [0.4, 0.5) is 10.1 Å². The minimum Gasteiger partial charge on any atom is -0.379 e. The highest BCUT2D eigenvalue weighted by Gasteiger charge is 2.34. The number of para-hydroxylation sites is 1. The van der Waals surface area contributed by atoms with Crippen molar-refractivity contribution < 1.29 is 18.7 Å². The standard InChI is InChI=1S/C24H27FN4O3/c1-14-19(23(30)26-8-9-29-10-12-32-13-11-29)15-4-2-5-16(21(15)27-14)20-17-6-3-7-18(25)22(17)28-24(20)31/h3,6-7,27H,2,4-5,8-13H2,1H3,(H,26,30)(H,28,31). The minimum atomic E-state index is -0.439. The molecule has 1 aromatic carbocycles. The molecule has 1 saturated heterocycles. The number of allylic oxidation sites excluding steroid dienone is 1. The van der Waals surface area contributed by atoms with Crippen LogP contribution in [0.1, 0.15) is 45.7 Å². The molecule has 0 bridgehead atoms. The fourth-order valence-electron chi connectivity index (χ4n) is 5.01. The Balaban J connectivity index is 1.43. The van der Waals surface area contributed by atoms with E-state index in [4.69, 9.17) is 4.74 Å². The quantitative estimate of drug-likeness (QED) is 0.641. The maximum atomic E-state index is 14.2. The van der Waals surface area contributed by atoms with Gasteiger partial charge in [0.05, 0.1) is 30.0 Å². The number of fused-ring (bicyclic) bond motifs is 2. The van der Waals surface area contributed by atoms with Crippen molar-refractivity contribution in [2.24, 2.45) is 0 Å². The summed E-state index contributed by atoms with van der Waals surface area (Å²) in [6.07, 6.45) is 2.29. The summed E-state index contributed by atoms with van der Waals surface area (Å²) in [6, 6.07) is 4.73. The van der Waals surface area contributed by atoms with Crippen LogP contribution in [-0.2, 0) is 16.0 Å². The number of aryl methyl sites for hydroxylation is 1. The molecule has 0 spiro atoms. The van der Waals surface area contributed by atoms with Gasteiger partial charge >= 0.3 is 0 Å². The first-order chi connectivity index (χ1) is 15.5. The molecule has 0 atom stereocenters. The topological polar surface area (TPSA) is 86.5 Å². The molecule has 1 fully saturated rings. The van der Waals surface area contributed by atoms with Crippen molar-refractivity contribution in [1.82, 2.24) is 15.2 Å². The largest absolute Gasteiger partial charge is 0.379 e. The number of ether oxygens (including phenoxy) is 1. The van der Waals surface area contributed by atoms with E-state index in [1.54, 1.807) is 12.1 Å². The van der Waals surface area contributed by atoms with Gasteiger partial charge in [0.15, 0.2) is 0 Å². The zero-order chi connectivity index (χ0) is 22.2. The normalized spacial score (nSPS) is 20.6. The number of hydrogen-bond acceptors (Lipinski definition) is 4. The molecule has 0 unspecified atom stereocenters. The van der Waals surface area contributed by atoms with Crippen molar-refractivity contribution in [3.63, 3.8) is 0 Å².